The average molecular weight is 535 g/mol. The number of hydrazone groups is 1. The molecule has 0 N–H and O–H groups in total. The Hall–Kier alpha value is -3.43. The summed E-state index contributed by atoms with van der Waals surface area (Å²) < 4.78 is 16.2. The maximum Gasteiger partial charge on any atom is 0.262 e. The molecule has 39 heavy (non-hydrogen) atoms. The van der Waals surface area contributed by atoms with Gasteiger partial charge in [-0.3, -0.25) is 14.5 Å². The molecular weight excluding hydrogens is 496 g/mol. The van der Waals surface area contributed by atoms with Crippen LogP contribution in [0.25, 0.3) is 0 Å². The third kappa shape index (κ3) is 6.42. The molecule has 9 heteroatoms. The molecule has 2 heterocycles. The van der Waals surface area contributed by atoms with Crippen molar-refractivity contribution in [1.29, 1.82) is 0 Å². The molecule has 2 amide bonds. The molecule has 2 aliphatic heterocycles. The van der Waals surface area contributed by atoms with Crippen molar-refractivity contribution in [2.75, 3.05) is 60.2 Å². The lowest BCUT2D eigenvalue weighted by Gasteiger charge is -2.34. The van der Waals surface area contributed by atoms with E-state index in [1.54, 1.807) is 24.1 Å². The fourth-order valence-corrected chi connectivity index (χ4v) is 5.31. The number of ether oxygens (including phenoxy) is 3. The number of carbonyl (C=O) groups excluding carboxylic acids is 2. The van der Waals surface area contributed by atoms with Crippen molar-refractivity contribution in [2.24, 2.45) is 11.0 Å². The van der Waals surface area contributed by atoms with Crippen LogP contribution in [-0.4, -0.2) is 92.5 Å². The molecule has 3 aliphatic rings. The van der Waals surface area contributed by atoms with Gasteiger partial charge < -0.3 is 19.1 Å². The van der Waals surface area contributed by atoms with Crippen LogP contribution in [-0.2, 0) is 14.3 Å². The predicted octanol–water partition coefficient (Wildman–Crippen LogP) is 3.34. The van der Waals surface area contributed by atoms with E-state index in [9.17, 15) is 9.59 Å². The molecule has 0 radical (unpaired) electrons. The molecule has 9 nitrogen and oxygen atoms in total. The standard InChI is InChI=1S/C30H38N4O5/c1-37-25-11-9-22(10-12-25)28-20-27(24-7-4-8-26(19-24)38-2)31-34(28)29(35)21-33(30(36)23-5-3-6-23)14-13-32-15-17-39-18-16-32/h4,7-12,19,23,28H,3,5-6,13-18,20-21H2,1-2H3/t28-/m0/s1. The van der Waals surface area contributed by atoms with Crippen molar-refractivity contribution in [1.82, 2.24) is 14.8 Å². The van der Waals surface area contributed by atoms with E-state index in [1.807, 2.05) is 48.5 Å². The SMILES string of the molecule is COc1ccc([C@@H]2CC(c3cccc(OC)c3)=NN2C(=O)CN(CCN2CCOCC2)C(=O)C2CCC2)cc1. The first kappa shape index (κ1) is 27.1. The second-order valence-electron chi connectivity index (χ2n) is 10.4. The largest absolute Gasteiger partial charge is 0.497 e. The summed E-state index contributed by atoms with van der Waals surface area (Å²) in [6.07, 6.45) is 3.44. The minimum atomic E-state index is -0.274. The van der Waals surface area contributed by atoms with E-state index < -0.39 is 0 Å². The quantitative estimate of drug-likeness (QED) is 0.465. The van der Waals surface area contributed by atoms with E-state index in [4.69, 9.17) is 19.3 Å². The van der Waals surface area contributed by atoms with Crippen LogP contribution in [0.15, 0.2) is 53.6 Å². The van der Waals surface area contributed by atoms with Crippen molar-refractivity contribution in [3.05, 3.63) is 59.7 Å². The van der Waals surface area contributed by atoms with E-state index in [1.165, 1.54) is 0 Å². The molecule has 2 fully saturated rings. The smallest absolute Gasteiger partial charge is 0.262 e. The minimum absolute atomic E-state index is 0.0151. The summed E-state index contributed by atoms with van der Waals surface area (Å²) >= 11 is 0. The highest BCUT2D eigenvalue weighted by molar-refractivity contribution is 6.03. The molecule has 208 valence electrons. The monoisotopic (exact) mass is 534 g/mol. The van der Waals surface area contributed by atoms with Gasteiger partial charge in [-0.15, -0.1) is 0 Å². The molecule has 2 aromatic rings. The van der Waals surface area contributed by atoms with E-state index in [0.29, 0.717) is 26.2 Å². The van der Waals surface area contributed by atoms with Gasteiger partial charge in [0.1, 0.15) is 18.0 Å². The Morgan fingerprint density at radius 1 is 1.03 bits per heavy atom. The summed E-state index contributed by atoms with van der Waals surface area (Å²) in [6, 6.07) is 15.2. The molecule has 1 aliphatic carbocycles. The first-order chi connectivity index (χ1) is 19.1. The van der Waals surface area contributed by atoms with Crippen LogP contribution in [0.4, 0.5) is 0 Å². The van der Waals surface area contributed by atoms with Crippen LogP contribution in [0.1, 0.15) is 42.9 Å². The lowest BCUT2D eigenvalue weighted by atomic mass is 9.84. The number of hydrogen-bond donors (Lipinski definition) is 0. The van der Waals surface area contributed by atoms with Crippen LogP contribution in [0.3, 0.4) is 0 Å². The Morgan fingerprint density at radius 2 is 1.77 bits per heavy atom. The van der Waals surface area contributed by atoms with Crippen LogP contribution < -0.4 is 9.47 Å². The van der Waals surface area contributed by atoms with Crippen molar-refractivity contribution >= 4 is 17.5 Å². The van der Waals surface area contributed by atoms with Crippen LogP contribution in [0.2, 0.25) is 0 Å². The van der Waals surface area contributed by atoms with Crippen LogP contribution >= 0.6 is 0 Å². The summed E-state index contributed by atoms with van der Waals surface area (Å²) in [4.78, 5) is 31.3. The molecule has 0 bridgehead atoms. The highest BCUT2D eigenvalue weighted by Crippen LogP contribution is 2.35. The first-order valence-electron chi connectivity index (χ1n) is 13.8. The second-order valence-corrected chi connectivity index (χ2v) is 10.4. The maximum atomic E-state index is 13.9. The Kier molecular flexibility index (Phi) is 8.78. The average Bonchev–Trinajstić information content (AvgIpc) is 3.40. The zero-order valence-corrected chi connectivity index (χ0v) is 22.9. The predicted molar refractivity (Wildman–Crippen MR) is 148 cm³/mol. The molecule has 1 saturated heterocycles. The Morgan fingerprint density at radius 3 is 2.44 bits per heavy atom. The van der Waals surface area contributed by atoms with Crippen LogP contribution in [0, 0.1) is 5.92 Å². The number of carbonyl (C=O) groups is 2. The van der Waals surface area contributed by atoms with Crippen molar-refractivity contribution in [2.45, 2.75) is 31.7 Å². The molecule has 5 rings (SSSR count). The van der Waals surface area contributed by atoms with E-state index in [-0.39, 0.29) is 30.3 Å². The minimum Gasteiger partial charge on any atom is -0.497 e. The summed E-state index contributed by atoms with van der Waals surface area (Å²) in [5.74, 6) is 1.42. The topological polar surface area (TPSA) is 83.9 Å². The molecule has 1 saturated carbocycles. The fraction of sp³-hybridized carbons (Fsp3) is 0.500. The molecule has 0 spiro atoms. The van der Waals surface area contributed by atoms with Gasteiger partial charge in [0.15, 0.2) is 0 Å². The summed E-state index contributed by atoms with van der Waals surface area (Å²) in [5, 5.41) is 6.40. The third-order valence-corrected chi connectivity index (χ3v) is 7.95. The van der Waals surface area contributed by atoms with Crippen molar-refractivity contribution in [3.8, 4) is 11.5 Å². The van der Waals surface area contributed by atoms with Gasteiger partial charge in [0.2, 0.25) is 5.91 Å². The van der Waals surface area contributed by atoms with Gasteiger partial charge in [0.25, 0.3) is 5.91 Å². The summed E-state index contributed by atoms with van der Waals surface area (Å²) in [5.41, 5.74) is 2.70. The van der Waals surface area contributed by atoms with Crippen LogP contribution in [0.5, 0.6) is 11.5 Å². The zero-order valence-electron chi connectivity index (χ0n) is 22.9. The van der Waals surface area contributed by atoms with E-state index in [0.717, 1.165) is 67.2 Å². The third-order valence-electron chi connectivity index (χ3n) is 7.95. The molecule has 1 atom stereocenters. The Balaban J connectivity index is 1.38. The Labute approximate surface area is 230 Å². The number of rotatable bonds is 10. The van der Waals surface area contributed by atoms with Gasteiger partial charge in [-0.1, -0.05) is 30.7 Å². The zero-order chi connectivity index (χ0) is 27.2. The van der Waals surface area contributed by atoms with Crippen molar-refractivity contribution < 1.29 is 23.8 Å². The lowest BCUT2D eigenvalue weighted by Crippen LogP contribution is -2.49. The van der Waals surface area contributed by atoms with Crippen molar-refractivity contribution in [3.63, 3.8) is 0 Å². The van der Waals surface area contributed by atoms with Gasteiger partial charge in [-0.25, -0.2) is 5.01 Å². The molecule has 2 aromatic carbocycles. The first-order valence-corrected chi connectivity index (χ1v) is 13.8. The lowest BCUT2D eigenvalue weighted by molar-refractivity contribution is -0.145. The fourth-order valence-electron chi connectivity index (χ4n) is 5.31. The highest BCUT2D eigenvalue weighted by Gasteiger charge is 2.36. The molecular formula is C30H38N4O5. The van der Waals surface area contributed by atoms with Gasteiger partial charge in [0.05, 0.1) is 39.2 Å². The van der Waals surface area contributed by atoms with Gasteiger partial charge in [0, 0.05) is 44.1 Å². The van der Waals surface area contributed by atoms with Gasteiger partial charge in [-0.05, 0) is 42.7 Å². The van der Waals surface area contributed by atoms with E-state index in [2.05, 4.69) is 4.90 Å². The number of nitrogens with zero attached hydrogens (tertiary/aromatic N) is 4. The highest BCUT2D eigenvalue weighted by atomic mass is 16.5. The number of hydrogen-bond acceptors (Lipinski definition) is 7. The Bertz CT molecular complexity index is 1170. The van der Waals surface area contributed by atoms with Gasteiger partial charge in [-0.2, -0.15) is 5.10 Å². The summed E-state index contributed by atoms with van der Waals surface area (Å²) in [6.45, 7) is 4.37. The molecule has 0 unspecified atom stereocenters. The number of benzene rings is 2. The maximum absolute atomic E-state index is 13.9. The van der Waals surface area contributed by atoms with E-state index >= 15 is 0 Å². The normalized spacial score (nSPS) is 19.8. The second kappa shape index (κ2) is 12.6. The summed E-state index contributed by atoms with van der Waals surface area (Å²) in [7, 11) is 3.27. The van der Waals surface area contributed by atoms with Gasteiger partial charge >= 0.3 is 0 Å². The number of methoxy groups -OCH3 is 2. The molecule has 0 aromatic heterocycles. The number of amides is 2. The number of morpholine rings is 1.